The zero-order chi connectivity index (χ0) is 17.2. The zero-order valence-corrected chi connectivity index (χ0v) is 14.4. The fourth-order valence-electron chi connectivity index (χ4n) is 3.96. The van der Waals surface area contributed by atoms with E-state index in [-0.39, 0.29) is 11.9 Å². The van der Waals surface area contributed by atoms with Crippen molar-refractivity contribution in [2.75, 3.05) is 7.05 Å². The van der Waals surface area contributed by atoms with Crippen molar-refractivity contribution in [3.8, 4) is 0 Å². The van der Waals surface area contributed by atoms with Crippen molar-refractivity contribution in [3.63, 3.8) is 0 Å². The van der Waals surface area contributed by atoms with E-state index in [4.69, 9.17) is 0 Å². The largest absolute Gasteiger partial charge is 0.338 e. The second-order valence-corrected chi connectivity index (χ2v) is 6.77. The van der Waals surface area contributed by atoms with Gasteiger partial charge in [-0.2, -0.15) is 5.10 Å². The summed E-state index contributed by atoms with van der Waals surface area (Å²) >= 11 is 0. The molecule has 128 valence electrons. The minimum Gasteiger partial charge on any atom is -0.338 e. The summed E-state index contributed by atoms with van der Waals surface area (Å²) in [5, 5.41) is 4.13. The van der Waals surface area contributed by atoms with Crippen molar-refractivity contribution in [1.82, 2.24) is 19.5 Å². The third-order valence-corrected chi connectivity index (χ3v) is 5.30. The fraction of sp³-hybridized carbons (Fsp3) is 0.350. The van der Waals surface area contributed by atoms with E-state index in [2.05, 4.69) is 34.3 Å². The van der Waals surface area contributed by atoms with E-state index in [1.807, 2.05) is 30.1 Å². The van der Waals surface area contributed by atoms with E-state index >= 15 is 0 Å². The first-order valence-corrected chi connectivity index (χ1v) is 8.85. The second-order valence-electron chi connectivity index (χ2n) is 6.77. The number of likely N-dealkylation sites (N-methyl/N-ethyl adjacent to an activating group) is 1. The van der Waals surface area contributed by atoms with Gasteiger partial charge in [-0.1, -0.05) is 43.2 Å². The number of carbonyl (C=O) groups excluding carboxylic acids is 1. The van der Waals surface area contributed by atoms with Gasteiger partial charge in [-0.05, 0) is 30.5 Å². The maximum absolute atomic E-state index is 13.1. The Balaban J connectivity index is 1.61. The normalized spacial score (nSPS) is 20.5. The number of amides is 1. The Morgan fingerprint density at radius 1 is 1.12 bits per heavy atom. The number of nitrogens with zero attached hydrogens (tertiary/aromatic N) is 4. The number of hydrogen-bond donors (Lipinski definition) is 0. The molecular weight excluding hydrogens is 312 g/mol. The molecule has 0 bridgehead atoms. The molecule has 0 N–H and O–H groups in total. The number of carbonyl (C=O) groups is 1. The van der Waals surface area contributed by atoms with Crippen LogP contribution in [0.5, 0.6) is 0 Å². The Morgan fingerprint density at radius 2 is 1.92 bits per heavy atom. The highest BCUT2D eigenvalue weighted by atomic mass is 16.2. The lowest BCUT2D eigenvalue weighted by molar-refractivity contribution is 0.0668. The highest BCUT2D eigenvalue weighted by Crippen LogP contribution is 2.36. The second kappa shape index (κ2) is 6.67. The van der Waals surface area contributed by atoms with Gasteiger partial charge in [0.15, 0.2) is 5.65 Å². The van der Waals surface area contributed by atoms with E-state index in [0.717, 1.165) is 18.5 Å². The molecule has 25 heavy (non-hydrogen) atoms. The van der Waals surface area contributed by atoms with Crippen LogP contribution in [-0.4, -0.2) is 38.5 Å². The molecule has 3 aromatic rings. The van der Waals surface area contributed by atoms with Crippen LogP contribution < -0.4 is 0 Å². The number of pyridine rings is 1. The number of aromatic nitrogens is 3. The summed E-state index contributed by atoms with van der Waals surface area (Å²) in [6.07, 6.45) is 7.85. The molecule has 5 heteroatoms. The lowest BCUT2D eigenvalue weighted by Crippen LogP contribution is -2.42. The summed E-state index contributed by atoms with van der Waals surface area (Å²) in [7, 11) is 1.93. The van der Waals surface area contributed by atoms with Gasteiger partial charge in [-0.3, -0.25) is 4.79 Å². The van der Waals surface area contributed by atoms with Crippen molar-refractivity contribution < 1.29 is 4.79 Å². The van der Waals surface area contributed by atoms with Crippen LogP contribution in [0.15, 0.2) is 55.0 Å². The average molecular weight is 334 g/mol. The molecule has 0 aliphatic heterocycles. The van der Waals surface area contributed by atoms with E-state index in [9.17, 15) is 4.79 Å². The zero-order valence-electron chi connectivity index (χ0n) is 14.4. The maximum atomic E-state index is 13.1. The molecule has 1 aliphatic carbocycles. The van der Waals surface area contributed by atoms with Gasteiger partial charge < -0.3 is 4.90 Å². The summed E-state index contributed by atoms with van der Waals surface area (Å²) in [4.78, 5) is 19.1. The quantitative estimate of drug-likeness (QED) is 0.736. The predicted octanol–water partition coefficient (Wildman–Crippen LogP) is 3.53. The van der Waals surface area contributed by atoms with Crippen LogP contribution in [0.4, 0.5) is 0 Å². The van der Waals surface area contributed by atoms with Crippen LogP contribution in [0.25, 0.3) is 5.65 Å². The molecule has 0 radical (unpaired) electrons. The summed E-state index contributed by atoms with van der Waals surface area (Å²) in [6.45, 7) is 0. The van der Waals surface area contributed by atoms with E-state index in [0.29, 0.717) is 11.5 Å². The van der Waals surface area contributed by atoms with Gasteiger partial charge in [-0.15, -0.1) is 0 Å². The Kier molecular flexibility index (Phi) is 4.22. The van der Waals surface area contributed by atoms with Gasteiger partial charge in [0.2, 0.25) is 0 Å². The van der Waals surface area contributed by atoms with Gasteiger partial charge in [-0.25, -0.2) is 9.50 Å². The van der Waals surface area contributed by atoms with Crippen LogP contribution in [0.3, 0.4) is 0 Å². The lowest BCUT2D eigenvalue weighted by atomic mass is 9.79. The minimum absolute atomic E-state index is 0.0465. The Labute approximate surface area is 147 Å². The molecule has 2 heterocycles. The van der Waals surface area contributed by atoms with E-state index in [1.54, 1.807) is 10.7 Å². The fourth-order valence-corrected chi connectivity index (χ4v) is 3.96. The topological polar surface area (TPSA) is 50.5 Å². The highest BCUT2D eigenvalue weighted by molar-refractivity contribution is 5.94. The van der Waals surface area contributed by atoms with Gasteiger partial charge in [0.05, 0.1) is 5.56 Å². The van der Waals surface area contributed by atoms with Crippen LogP contribution >= 0.6 is 0 Å². The summed E-state index contributed by atoms with van der Waals surface area (Å²) in [5.74, 6) is 0.448. The first-order chi connectivity index (χ1) is 12.2. The third-order valence-electron chi connectivity index (χ3n) is 5.30. The van der Waals surface area contributed by atoms with Gasteiger partial charge >= 0.3 is 0 Å². The van der Waals surface area contributed by atoms with Gasteiger partial charge in [0, 0.05) is 25.2 Å². The van der Waals surface area contributed by atoms with Crippen LogP contribution in [0.1, 0.15) is 47.5 Å². The number of fused-ring (bicyclic) bond motifs is 1. The Bertz CT molecular complexity index is 874. The monoisotopic (exact) mass is 334 g/mol. The van der Waals surface area contributed by atoms with Crippen molar-refractivity contribution in [1.29, 1.82) is 0 Å². The van der Waals surface area contributed by atoms with E-state index in [1.165, 1.54) is 24.7 Å². The average Bonchev–Trinajstić information content (AvgIpc) is 3.15. The SMILES string of the molecule is CN(C(=O)c1ccc2ncnn2c1)C1CCCCC1c1ccccc1. The molecule has 1 saturated carbocycles. The Hall–Kier alpha value is -2.69. The molecule has 2 unspecified atom stereocenters. The molecule has 0 spiro atoms. The molecule has 4 rings (SSSR count). The molecule has 2 aromatic heterocycles. The first kappa shape index (κ1) is 15.8. The van der Waals surface area contributed by atoms with Crippen molar-refractivity contribution in [2.45, 2.75) is 37.6 Å². The van der Waals surface area contributed by atoms with Crippen molar-refractivity contribution >= 4 is 11.6 Å². The predicted molar refractivity (Wildman–Crippen MR) is 96.5 cm³/mol. The van der Waals surface area contributed by atoms with Gasteiger partial charge in [0.1, 0.15) is 6.33 Å². The summed E-state index contributed by atoms with van der Waals surface area (Å²) in [6, 6.07) is 14.5. The lowest BCUT2D eigenvalue weighted by Gasteiger charge is -2.38. The minimum atomic E-state index is 0.0465. The van der Waals surface area contributed by atoms with Crippen LogP contribution in [0.2, 0.25) is 0 Å². The molecular formula is C20H22N4O. The van der Waals surface area contributed by atoms with E-state index < -0.39 is 0 Å². The summed E-state index contributed by atoms with van der Waals surface area (Å²) in [5.41, 5.74) is 2.73. The molecule has 2 atom stereocenters. The molecule has 1 aromatic carbocycles. The summed E-state index contributed by atoms with van der Waals surface area (Å²) < 4.78 is 1.65. The smallest absolute Gasteiger partial charge is 0.255 e. The van der Waals surface area contributed by atoms with Crippen molar-refractivity contribution in [3.05, 3.63) is 66.1 Å². The Morgan fingerprint density at radius 3 is 2.76 bits per heavy atom. The number of rotatable bonds is 3. The molecule has 1 amide bonds. The van der Waals surface area contributed by atoms with Crippen LogP contribution in [-0.2, 0) is 0 Å². The maximum Gasteiger partial charge on any atom is 0.255 e. The van der Waals surface area contributed by atoms with Crippen molar-refractivity contribution in [2.24, 2.45) is 0 Å². The first-order valence-electron chi connectivity index (χ1n) is 8.85. The van der Waals surface area contributed by atoms with Crippen LogP contribution in [0, 0.1) is 0 Å². The third kappa shape index (κ3) is 3.02. The highest BCUT2D eigenvalue weighted by Gasteiger charge is 2.32. The number of benzene rings is 1. The molecule has 1 aliphatic rings. The number of hydrogen-bond acceptors (Lipinski definition) is 3. The standard InChI is InChI=1S/C20H22N4O/c1-23(20(25)16-11-12-19-21-14-22-24(19)13-16)18-10-6-5-9-17(18)15-7-3-2-4-8-15/h2-4,7-8,11-14,17-18H,5-6,9-10H2,1H3. The molecule has 0 saturated heterocycles. The molecule has 5 nitrogen and oxygen atoms in total. The van der Waals surface area contributed by atoms with Gasteiger partial charge in [0.25, 0.3) is 5.91 Å². The molecule has 1 fully saturated rings.